The van der Waals surface area contributed by atoms with E-state index in [1.807, 2.05) is 0 Å². The lowest BCUT2D eigenvalue weighted by molar-refractivity contribution is -0.390. The fourth-order valence-electron chi connectivity index (χ4n) is 2.32. The SMILES string of the molecule is COC(=O)c1sc(NC(=O)Cn2nc([N+](=O)[O-])c(Br)c2C)c(C(=O)OC)c1C. The summed E-state index contributed by atoms with van der Waals surface area (Å²) in [6.45, 7) is 2.74. The summed E-state index contributed by atoms with van der Waals surface area (Å²) >= 11 is 3.93. The predicted octanol–water partition coefficient (Wildman–Crippen LogP) is 2.44. The van der Waals surface area contributed by atoms with Crippen molar-refractivity contribution < 1.29 is 28.8 Å². The van der Waals surface area contributed by atoms with Gasteiger partial charge in [-0.2, -0.15) is 4.68 Å². The van der Waals surface area contributed by atoms with Crippen molar-refractivity contribution in [3.63, 3.8) is 0 Å². The lowest BCUT2D eigenvalue weighted by Crippen LogP contribution is -2.21. The van der Waals surface area contributed by atoms with Crippen LogP contribution in [-0.4, -0.2) is 46.8 Å². The number of nitro groups is 1. The van der Waals surface area contributed by atoms with E-state index in [-0.39, 0.29) is 26.5 Å². The number of anilines is 1. The zero-order chi connectivity index (χ0) is 21.2. The highest BCUT2D eigenvalue weighted by atomic mass is 79.9. The van der Waals surface area contributed by atoms with Crippen LogP contribution in [0.2, 0.25) is 0 Å². The van der Waals surface area contributed by atoms with Crippen LogP contribution < -0.4 is 5.32 Å². The van der Waals surface area contributed by atoms with E-state index in [4.69, 9.17) is 4.74 Å². The molecule has 0 atom stereocenters. The maximum absolute atomic E-state index is 12.4. The molecule has 0 saturated heterocycles. The van der Waals surface area contributed by atoms with Crippen molar-refractivity contribution in [2.24, 2.45) is 0 Å². The van der Waals surface area contributed by atoms with Gasteiger partial charge in [0.25, 0.3) is 0 Å². The van der Waals surface area contributed by atoms with Gasteiger partial charge < -0.3 is 24.9 Å². The van der Waals surface area contributed by atoms with Gasteiger partial charge in [0.15, 0.2) is 0 Å². The van der Waals surface area contributed by atoms with E-state index >= 15 is 0 Å². The Balaban J connectivity index is 2.34. The van der Waals surface area contributed by atoms with E-state index in [0.29, 0.717) is 11.3 Å². The van der Waals surface area contributed by atoms with E-state index in [9.17, 15) is 24.5 Å². The number of nitrogens with zero attached hydrogens (tertiary/aromatic N) is 3. The minimum Gasteiger partial charge on any atom is -0.465 e. The third-order valence-corrected chi connectivity index (χ3v) is 5.86. The molecule has 2 aromatic heterocycles. The molecular formula is C15H15BrN4O7S. The van der Waals surface area contributed by atoms with Crippen molar-refractivity contribution in [1.82, 2.24) is 9.78 Å². The van der Waals surface area contributed by atoms with Gasteiger partial charge in [-0.15, -0.1) is 11.3 Å². The Hall–Kier alpha value is -2.80. The molecule has 0 unspecified atom stereocenters. The molecule has 11 nitrogen and oxygen atoms in total. The van der Waals surface area contributed by atoms with Crippen LogP contribution in [0.1, 0.15) is 31.3 Å². The summed E-state index contributed by atoms with van der Waals surface area (Å²) in [7, 11) is 2.37. The highest BCUT2D eigenvalue weighted by Crippen LogP contribution is 2.34. The largest absolute Gasteiger partial charge is 0.465 e. The van der Waals surface area contributed by atoms with E-state index in [1.54, 1.807) is 6.92 Å². The molecule has 2 rings (SSSR count). The van der Waals surface area contributed by atoms with Crippen molar-refractivity contribution in [3.05, 3.63) is 36.3 Å². The van der Waals surface area contributed by atoms with Crippen molar-refractivity contribution >= 4 is 55.9 Å². The van der Waals surface area contributed by atoms with Crippen molar-refractivity contribution in [1.29, 1.82) is 0 Å². The van der Waals surface area contributed by atoms with Gasteiger partial charge >= 0.3 is 17.8 Å². The van der Waals surface area contributed by atoms with Gasteiger partial charge in [0, 0.05) is 0 Å². The van der Waals surface area contributed by atoms with Crippen LogP contribution in [0.3, 0.4) is 0 Å². The summed E-state index contributed by atoms with van der Waals surface area (Å²) in [6.07, 6.45) is 0. The molecule has 0 aliphatic rings. The van der Waals surface area contributed by atoms with Crippen LogP contribution in [0.25, 0.3) is 0 Å². The number of rotatable bonds is 6. The molecule has 0 saturated carbocycles. The average molecular weight is 475 g/mol. The van der Waals surface area contributed by atoms with Crippen LogP contribution >= 0.6 is 27.3 Å². The fourth-order valence-corrected chi connectivity index (χ4v) is 3.88. The first-order valence-electron chi connectivity index (χ1n) is 7.59. The summed E-state index contributed by atoms with van der Waals surface area (Å²) in [5, 5.41) is 17.4. The topological polar surface area (TPSA) is 143 Å². The molecule has 150 valence electrons. The smallest absolute Gasteiger partial charge is 0.404 e. The third-order valence-electron chi connectivity index (χ3n) is 3.74. The van der Waals surface area contributed by atoms with Crippen LogP contribution in [0.4, 0.5) is 10.8 Å². The van der Waals surface area contributed by atoms with Gasteiger partial charge in [-0.05, 0) is 40.3 Å². The lowest BCUT2D eigenvalue weighted by Gasteiger charge is -2.06. The Kier molecular flexibility index (Phi) is 6.51. The Morgan fingerprint density at radius 1 is 1.25 bits per heavy atom. The minimum atomic E-state index is -0.729. The molecule has 1 N–H and O–H groups in total. The number of halogens is 1. The van der Waals surface area contributed by atoms with Gasteiger partial charge in [-0.25, -0.2) is 9.59 Å². The predicted molar refractivity (Wildman–Crippen MR) is 102 cm³/mol. The molecule has 2 heterocycles. The number of thiophene rings is 1. The molecule has 0 aliphatic carbocycles. The quantitative estimate of drug-likeness (QED) is 0.381. The normalized spacial score (nSPS) is 10.5. The fraction of sp³-hybridized carbons (Fsp3) is 0.333. The molecule has 0 spiro atoms. The van der Waals surface area contributed by atoms with E-state index in [2.05, 4.69) is 31.1 Å². The first-order chi connectivity index (χ1) is 13.1. The van der Waals surface area contributed by atoms with Crippen molar-refractivity contribution in [3.8, 4) is 0 Å². The van der Waals surface area contributed by atoms with E-state index < -0.39 is 28.6 Å². The first-order valence-corrected chi connectivity index (χ1v) is 9.20. The number of nitrogens with one attached hydrogen (secondary N) is 1. The maximum Gasteiger partial charge on any atom is 0.404 e. The van der Waals surface area contributed by atoms with E-state index in [0.717, 1.165) is 16.0 Å². The number of aromatic nitrogens is 2. The number of hydrogen-bond donors (Lipinski definition) is 1. The second kappa shape index (κ2) is 8.48. The molecule has 2 aromatic rings. The number of amides is 1. The highest BCUT2D eigenvalue weighted by molar-refractivity contribution is 9.10. The molecule has 28 heavy (non-hydrogen) atoms. The summed E-state index contributed by atoms with van der Waals surface area (Å²) in [5.41, 5.74) is 0.728. The number of methoxy groups -OCH3 is 2. The molecule has 1 amide bonds. The zero-order valence-electron chi connectivity index (χ0n) is 15.2. The Bertz CT molecular complexity index is 982. The van der Waals surface area contributed by atoms with Crippen LogP contribution in [-0.2, 0) is 20.8 Å². The van der Waals surface area contributed by atoms with Gasteiger partial charge in [0.2, 0.25) is 5.91 Å². The lowest BCUT2D eigenvalue weighted by atomic mass is 10.1. The number of carbonyl (C=O) groups excluding carboxylic acids is 3. The molecule has 0 aromatic carbocycles. The number of esters is 2. The monoisotopic (exact) mass is 474 g/mol. The Morgan fingerprint density at radius 2 is 1.86 bits per heavy atom. The van der Waals surface area contributed by atoms with Crippen LogP contribution in [0.15, 0.2) is 4.47 Å². The van der Waals surface area contributed by atoms with Gasteiger partial charge in [0.05, 0.1) is 30.6 Å². The average Bonchev–Trinajstić information content (AvgIpc) is 3.11. The van der Waals surface area contributed by atoms with Crippen LogP contribution in [0.5, 0.6) is 0 Å². The molecular weight excluding hydrogens is 460 g/mol. The summed E-state index contributed by atoms with van der Waals surface area (Å²) in [5.74, 6) is -2.40. The molecule has 13 heteroatoms. The third kappa shape index (κ3) is 4.04. The van der Waals surface area contributed by atoms with E-state index in [1.165, 1.54) is 21.1 Å². The highest BCUT2D eigenvalue weighted by Gasteiger charge is 2.28. The minimum absolute atomic E-state index is 0.0330. The number of ether oxygens (including phenoxy) is 2. The number of carbonyl (C=O) groups is 3. The molecule has 0 bridgehead atoms. The van der Waals surface area contributed by atoms with Gasteiger partial charge in [-0.3, -0.25) is 4.79 Å². The standard InChI is InChI=1S/C15H15BrN4O7S/c1-6-9(14(22)26-3)13(28-11(6)15(23)27-4)17-8(21)5-19-7(2)10(16)12(18-19)20(24)25/h5H2,1-4H3,(H,17,21). The Morgan fingerprint density at radius 3 is 2.36 bits per heavy atom. The summed E-state index contributed by atoms with van der Waals surface area (Å²) in [4.78, 5) is 46.8. The molecule has 0 aliphatic heterocycles. The van der Waals surface area contributed by atoms with Crippen molar-refractivity contribution in [2.75, 3.05) is 19.5 Å². The maximum atomic E-state index is 12.4. The summed E-state index contributed by atoms with van der Waals surface area (Å²) < 4.78 is 10.7. The number of hydrogen-bond acceptors (Lipinski definition) is 9. The van der Waals surface area contributed by atoms with Gasteiger partial charge in [-0.1, -0.05) is 0 Å². The second-order valence-electron chi connectivity index (χ2n) is 5.43. The Labute approximate surface area is 170 Å². The van der Waals surface area contributed by atoms with Gasteiger partial charge in [0.1, 0.15) is 20.9 Å². The summed E-state index contributed by atoms with van der Waals surface area (Å²) in [6, 6.07) is 0. The zero-order valence-corrected chi connectivity index (χ0v) is 17.6. The van der Waals surface area contributed by atoms with Crippen LogP contribution in [0, 0.1) is 24.0 Å². The van der Waals surface area contributed by atoms with Crippen molar-refractivity contribution in [2.45, 2.75) is 20.4 Å². The second-order valence-corrected chi connectivity index (χ2v) is 7.24. The molecule has 0 radical (unpaired) electrons. The first kappa shape index (κ1) is 21.5. The molecule has 0 fully saturated rings.